The van der Waals surface area contributed by atoms with Crippen LogP contribution in [-0.4, -0.2) is 5.97 Å². The Morgan fingerprint density at radius 1 is 0.889 bits per heavy atom. The quantitative estimate of drug-likeness (QED) is 0.402. The van der Waals surface area contributed by atoms with Gasteiger partial charge in [0.15, 0.2) is 5.60 Å². The lowest BCUT2D eigenvalue weighted by atomic mass is 9.62. The molecule has 0 heterocycles. The minimum absolute atomic E-state index is 0.365. The summed E-state index contributed by atoms with van der Waals surface area (Å²) in [7, 11) is 0. The van der Waals surface area contributed by atoms with Crippen molar-refractivity contribution in [3.8, 4) is 11.1 Å². The Morgan fingerprint density at radius 2 is 1.48 bits per heavy atom. The Labute approximate surface area is 160 Å². The number of ether oxygens (including phenoxy) is 1. The van der Waals surface area contributed by atoms with Gasteiger partial charge in [0, 0.05) is 22.1 Å². The molecule has 0 amide bonds. The zero-order valence-corrected chi connectivity index (χ0v) is 16.3. The highest BCUT2D eigenvalue weighted by molar-refractivity contribution is 6.03. The Balaban J connectivity index is 2.20. The van der Waals surface area contributed by atoms with Gasteiger partial charge in [-0.3, -0.25) is 0 Å². The highest BCUT2D eigenvalue weighted by Crippen LogP contribution is 2.56. The van der Waals surface area contributed by atoms with Crippen molar-refractivity contribution in [2.75, 3.05) is 0 Å². The Kier molecular flexibility index (Phi) is 3.78. The maximum absolute atomic E-state index is 12.8. The first kappa shape index (κ1) is 17.5. The van der Waals surface area contributed by atoms with Crippen LogP contribution in [-0.2, 0) is 15.1 Å². The topological polar surface area (TPSA) is 26.3 Å². The van der Waals surface area contributed by atoms with Gasteiger partial charge in [-0.15, -0.1) is 0 Å². The molecule has 0 saturated heterocycles. The van der Waals surface area contributed by atoms with Crippen LogP contribution in [0.25, 0.3) is 21.9 Å². The molecule has 0 aliphatic heterocycles. The van der Waals surface area contributed by atoms with E-state index < -0.39 is 5.60 Å². The highest BCUT2D eigenvalue weighted by atomic mass is 16.6. The summed E-state index contributed by atoms with van der Waals surface area (Å²) >= 11 is 0. The van der Waals surface area contributed by atoms with Gasteiger partial charge in [-0.05, 0) is 28.8 Å². The number of benzene rings is 3. The van der Waals surface area contributed by atoms with Gasteiger partial charge in [0.2, 0.25) is 0 Å². The number of fused-ring (bicyclic) bond motifs is 2. The fourth-order valence-electron chi connectivity index (χ4n) is 4.33. The summed E-state index contributed by atoms with van der Waals surface area (Å²) in [5.41, 5.74) is 3.51. The first-order valence-corrected chi connectivity index (χ1v) is 9.28. The number of rotatable bonds is 2. The molecule has 1 unspecified atom stereocenters. The summed E-state index contributed by atoms with van der Waals surface area (Å²) in [6.07, 6.45) is 0. The van der Waals surface area contributed by atoms with Crippen LogP contribution in [0, 0.1) is 5.41 Å². The Morgan fingerprint density at radius 3 is 2.15 bits per heavy atom. The van der Waals surface area contributed by atoms with Crippen molar-refractivity contribution < 1.29 is 9.53 Å². The number of hydrogen-bond donors (Lipinski definition) is 0. The van der Waals surface area contributed by atoms with Gasteiger partial charge in [0.25, 0.3) is 0 Å². The molecule has 3 aromatic rings. The molecule has 2 nitrogen and oxygen atoms in total. The number of esters is 1. The van der Waals surface area contributed by atoms with E-state index in [-0.39, 0.29) is 11.4 Å². The summed E-state index contributed by atoms with van der Waals surface area (Å²) in [4.78, 5) is 12.8. The van der Waals surface area contributed by atoms with Crippen molar-refractivity contribution in [1.29, 1.82) is 0 Å². The third-order valence-corrected chi connectivity index (χ3v) is 5.53. The van der Waals surface area contributed by atoms with Gasteiger partial charge in [0.05, 0.1) is 0 Å². The summed E-state index contributed by atoms with van der Waals surface area (Å²) in [5, 5.41) is 2.31. The zero-order valence-electron chi connectivity index (χ0n) is 16.3. The molecule has 2 heteroatoms. The molecule has 27 heavy (non-hydrogen) atoms. The van der Waals surface area contributed by atoms with Gasteiger partial charge < -0.3 is 4.74 Å². The van der Waals surface area contributed by atoms with Crippen LogP contribution in [0.3, 0.4) is 0 Å². The average molecular weight is 356 g/mol. The lowest BCUT2D eigenvalue weighted by Gasteiger charge is -2.48. The van der Waals surface area contributed by atoms with E-state index in [0.29, 0.717) is 5.57 Å². The maximum atomic E-state index is 12.8. The molecule has 0 aromatic heterocycles. The molecule has 3 aromatic carbocycles. The fourth-order valence-corrected chi connectivity index (χ4v) is 4.33. The molecule has 1 atom stereocenters. The molecular formula is C25H24O2. The lowest BCUT2D eigenvalue weighted by molar-refractivity contribution is -0.162. The minimum Gasteiger partial charge on any atom is -0.445 e. The predicted molar refractivity (Wildman–Crippen MR) is 111 cm³/mol. The summed E-state index contributed by atoms with van der Waals surface area (Å²) in [5.74, 6) is -0.365. The van der Waals surface area contributed by atoms with Gasteiger partial charge >= 0.3 is 5.97 Å². The molecule has 136 valence electrons. The first-order valence-electron chi connectivity index (χ1n) is 9.28. The van der Waals surface area contributed by atoms with Gasteiger partial charge in [-0.1, -0.05) is 88.0 Å². The van der Waals surface area contributed by atoms with Crippen molar-refractivity contribution in [1.82, 2.24) is 0 Å². The molecule has 0 spiro atoms. The van der Waals surface area contributed by atoms with Crippen LogP contribution in [0.2, 0.25) is 0 Å². The van der Waals surface area contributed by atoms with Crippen LogP contribution in [0.4, 0.5) is 0 Å². The fraction of sp³-hybridized carbons (Fsp3) is 0.240. The van der Waals surface area contributed by atoms with Gasteiger partial charge in [0.1, 0.15) is 0 Å². The molecule has 0 radical (unpaired) electrons. The lowest BCUT2D eigenvalue weighted by Crippen LogP contribution is -2.47. The van der Waals surface area contributed by atoms with Crippen molar-refractivity contribution in [2.45, 2.75) is 33.3 Å². The predicted octanol–water partition coefficient (Wildman–Crippen LogP) is 6.23. The molecular weight excluding hydrogens is 332 g/mol. The van der Waals surface area contributed by atoms with E-state index in [0.717, 1.165) is 27.5 Å². The van der Waals surface area contributed by atoms with E-state index in [4.69, 9.17) is 4.74 Å². The Hall–Kier alpha value is -2.87. The maximum Gasteiger partial charge on any atom is 0.334 e. The second-order valence-corrected chi connectivity index (χ2v) is 8.36. The Bertz CT molecular complexity index is 1080. The molecule has 4 rings (SSSR count). The normalized spacial score (nSPS) is 18.1. The van der Waals surface area contributed by atoms with E-state index in [1.54, 1.807) is 6.92 Å². The smallest absolute Gasteiger partial charge is 0.334 e. The van der Waals surface area contributed by atoms with Gasteiger partial charge in [-0.2, -0.15) is 0 Å². The number of carbonyl (C=O) groups excluding carboxylic acids is 1. The van der Waals surface area contributed by atoms with Crippen molar-refractivity contribution in [3.05, 3.63) is 83.9 Å². The van der Waals surface area contributed by atoms with Crippen LogP contribution in [0.15, 0.2) is 72.8 Å². The van der Waals surface area contributed by atoms with E-state index in [2.05, 4.69) is 69.8 Å². The third-order valence-electron chi connectivity index (χ3n) is 5.53. The van der Waals surface area contributed by atoms with E-state index in [1.165, 1.54) is 5.56 Å². The average Bonchev–Trinajstić information content (AvgIpc) is 2.63. The standard InChI is InChI=1S/C25H24O2/c1-16(2)23(26)27-25(24(3,4)5)20-14-7-6-12-18(20)19-13-8-10-17-11-9-15-21(25)22(17)19/h6-15H,1H2,2-5H3. The van der Waals surface area contributed by atoms with E-state index in [1.807, 2.05) is 18.2 Å². The van der Waals surface area contributed by atoms with Crippen molar-refractivity contribution in [2.24, 2.45) is 5.41 Å². The highest BCUT2D eigenvalue weighted by Gasteiger charge is 2.52. The van der Waals surface area contributed by atoms with Crippen LogP contribution in [0.5, 0.6) is 0 Å². The number of hydrogen-bond acceptors (Lipinski definition) is 2. The molecule has 0 saturated carbocycles. The van der Waals surface area contributed by atoms with Crippen LogP contribution >= 0.6 is 0 Å². The second-order valence-electron chi connectivity index (χ2n) is 8.36. The van der Waals surface area contributed by atoms with Crippen molar-refractivity contribution in [3.63, 3.8) is 0 Å². The third kappa shape index (κ3) is 2.36. The number of carbonyl (C=O) groups is 1. The molecule has 1 aliphatic rings. The monoisotopic (exact) mass is 356 g/mol. The van der Waals surface area contributed by atoms with E-state index in [9.17, 15) is 4.79 Å². The largest absolute Gasteiger partial charge is 0.445 e. The summed E-state index contributed by atoms with van der Waals surface area (Å²) in [6.45, 7) is 11.9. The van der Waals surface area contributed by atoms with Crippen molar-refractivity contribution >= 4 is 16.7 Å². The summed E-state index contributed by atoms with van der Waals surface area (Å²) in [6, 6.07) is 20.9. The second kappa shape index (κ2) is 5.82. The first-order chi connectivity index (χ1) is 12.8. The SMILES string of the molecule is C=C(C)C(=O)OC1(C(C)(C)C)c2ccccc2-c2cccc3cccc1c23. The van der Waals surface area contributed by atoms with Crippen LogP contribution in [0.1, 0.15) is 38.8 Å². The summed E-state index contributed by atoms with van der Waals surface area (Å²) < 4.78 is 6.34. The molecule has 0 N–H and O–H groups in total. The van der Waals surface area contributed by atoms with E-state index >= 15 is 0 Å². The molecule has 0 bridgehead atoms. The van der Waals surface area contributed by atoms with Gasteiger partial charge in [-0.25, -0.2) is 4.79 Å². The zero-order chi connectivity index (χ0) is 19.4. The molecule has 1 aliphatic carbocycles. The van der Waals surface area contributed by atoms with Crippen LogP contribution < -0.4 is 0 Å². The minimum atomic E-state index is -0.895. The molecule has 0 fully saturated rings.